The number of nitrogens with zero attached hydrogens (tertiary/aromatic N) is 1. The van der Waals surface area contributed by atoms with E-state index < -0.39 is 45.9 Å². The van der Waals surface area contributed by atoms with Crippen LogP contribution in [-0.4, -0.2) is 43.4 Å². The molecule has 1 saturated heterocycles. The standard InChI is InChI=1S/C18H18F3NO4S2/c19-18(20,21)15-5-1-2-6-16(15)26-11-17(23)22(10-14-4-3-8-27-14)13-7-9-28(24,25)12-13/h1-6,8,13H,7,9-12H2. The number of hydrogen-bond donors (Lipinski definition) is 0. The number of halogens is 3. The van der Waals surface area contributed by atoms with Gasteiger partial charge in [-0.1, -0.05) is 18.2 Å². The van der Waals surface area contributed by atoms with Crippen molar-refractivity contribution in [2.24, 2.45) is 0 Å². The molecule has 1 fully saturated rings. The number of sulfone groups is 1. The van der Waals surface area contributed by atoms with E-state index in [2.05, 4.69) is 0 Å². The van der Waals surface area contributed by atoms with Crippen LogP contribution in [0, 0.1) is 0 Å². The minimum Gasteiger partial charge on any atom is -0.483 e. The third kappa shape index (κ3) is 5.05. The van der Waals surface area contributed by atoms with Crippen LogP contribution in [0.2, 0.25) is 0 Å². The molecule has 5 nitrogen and oxygen atoms in total. The molecule has 0 bridgehead atoms. The molecule has 1 aliphatic rings. The Hall–Kier alpha value is -2.07. The summed E-state index contributed by atoms with van der Waals surface area (Å²) in [4.78, 5) is 15.0. The smallest absolute Gasteiger partial charge is 0.419 e. The third-order valence-corrected chi connectivity index (χ3v) is 7.03. The van der Waals surface area contributed by atoms with Gasteiger partial charge >= 0.3 is 6.18 Å². The predicted octanol–water partition coefficient (Wildman–Crippen LogP) is 3.36. The van der Waals surface area contributed by atoms with Crippen LogP contribution in [0.4, 0.5) is 13.2 Å². The molecule has 0 spiro atoms. The molecule has 0 aliphatic carbocycles. The van der Waals surface area contributed by atoms with Gasteiger partial charge in [-0.15, -0.1) is 11.3 Å². The van der Waals surface area contributed by atoms with Gasteiger partial charge in [0.05, 0.1) is 23.6 Å². The fourth-order valence-electron chi connectivity index (χ4n) is 3.06. The number of para-hydroxylation sites is 1. The number of hydrogen-bond acceptors (Lipinski definition) is 5. The Bertz CT molecular complexity index is 927. The average Bonchev–Trinajstić information content (AvgIpc) is 3.26. The van der Waals surface area contributed by atoms with Crippen molar-refractivity contribution < 1.29 is 31.1 Å². The van der Waals surface area contributed by atoms with E-state index >= 15 is 0 Å². The van der Waals surface area contributed by atoms with Crippen LogP contribution < -0.4 is 4.74 Å². The normalized spacial score (nSPS) is 18.8. The molecule has 1 aromatic heterocycles. The second-order valence-electron chi connectivity index (χ2n) is 6.44. The first-order valence-corrected chi connectivity index (χ1v) is 11.2. The lowest BCUT2D eigenvalue weighted by Gasteiger charge is -2.28. The lowest BCUT2D eigenvalue weighted by Crippen LogP contribution is -2.43. The Kier molecular flexibility index (Phi) is 5.99. The summed E-state index contributed by atoms with van der Waals surface area (Å²) >= 11 is 1.41. The van der Waals surface area contributed by atoms with Gasteiger partial charge in [-0.2, -0.15) is 13.2 Å². The van der Waals surface area contributed by atoms with Gasteiger partial charge in [-0.05, 0) is 30.0 Å². The maximum absolute atomic E-state index is 13.1. The summed E-state index contributed by atoms with van der Waals surface area (Å²) in [5, 5.41) is 1.83. The molecule has 152 valence electrons. The lowest BCUT2D eigenvalue weighted by molar-refractivity contribution is -0.141. The zero-order chi connectivity index (χ0) is 20.4. The molecular formula is C18H18F3NO4S2. The molecule has 2 heterocycles. The fraction of sp³-hybridized carbons (Fsp3) is 0.389. The molecule has 1 amide bonds. The van der Waals surface area contributed by atoms with E-state index in [1.165, 1.54) is 28.4 Å². The molecule has 1 atom stereocenters. The minimum atomic E-state index is -4.60. The number of benzene rings is 1. The van der Waals surface area contributed by atoms with Gasteiger partial charge in [0, 0.05) is 10.9 Å². The minimum absolute atomic E-state index is 0.0103. The summed E-state index contributed by atoms with van der Waals surface area (Å²) < 4.78 is 68.0. The Balaban J connectivity index is 1.75. The largest absolute Gasteiger partial charge is 0.483 e. The SMILES string of the molecule is O=C(COc1ccccc1C(F)(F)F)N(Cc1cccs1)C1CCS(=O)(=O)C1. The van der Waals surface area contributed by atoms with Gasteiger partial charge in [0.25, 0.3) is 5.91 Å². The molecule has 0 radical (unpaired) electrons. The third-order valence-electron chi connectivity index (χ3n) is 4.42. The van der Waals surface area contributed by atoms with Gasteiger partial charge in [-0.3, -0.25) is 4.79 Å². The Morgan fingerprint density at radius 1 is 1.21 bits per heavy atom. The monoisotopic (exact) mass is 433 g/mol. The van der Waals surface area contributed by atoms with E-state index in [-0.39, 0.29) is 18.1 Å². The van der Waals surface area contributed by atoms with E-state index in [9.17, 15) is 26.4 Å². The number of carbonyl (C=O) groups excluding carboxylic acids is 1. The summed E-state index contributed by atoms with van der Waals surface area (Å²) in [7, 11) is -3.23. The van der Waals surface area contributed by atoms with Crippen molar-refractivity contribution in [2.75, 3.05) is 18.1 Å². The van der Waals surface area contributed by atoms with Crippen LogP contribution in [0.3, 0.4) is 0 Å². The first-order chi connectivity index (χ1) is 13.2. The number of alkyl halides is 3. The molecule has 28 heavy (non-hydrogen) atoms. The van der Waals surface area contributed by atoms with E-state index in [1.807, 2.05) is 17.5 Å². The van der Waals surface area contributed by atoms with Crippen LogP contribution in [0.5, 0.6) is 5.75 Å². The second kappa shape index (κ2) is 8.12. The van der Waals surface area contributed by atoms with Crippen molar-refractivity contribution in [2.45, 2.75) is 25.2 Å². The van der Waals surface area contributed by atoms with E-state index in [4.69, 9.17) is 4.74 Å². The van der Waals surface area contributed by atoms with Crippen molar-refractivity contribution in [1.29, 1.82) is 0 Å². The highest BCUT2D eigenvalue weighted by Crippen LogP contribution is 2.36. The molecule has 0 saturated carbocycles. The van der Waals surface area contributed by atoms with Crippen LogP contribution in [0.25, 0.3) is 0 Å². The zero-order valence-corrected chi connectivity index (χ0v) is 16.3. The molecule has 1 aromatic carbocycles. The average molecular weight is 433 g/mol. The molecule has 3 rings (SSSR count). The highest BCUT2D eigenvalue weighted by molar-refractivity contribution is 7.91. The van der Waals surface area contributed by atoms with Crippen LogP contribution in [0.1, 0.15) is 16.9 Å². The first-order valence-electron chi connectivity index (χ1n) is 8.47. The van der Waals surface area contributed by atoms with Gasteiger partial charge in [0.15, 0.2) is 16.4 Å². The highest BCUT2D eigenvalue weighted by Gasteiger charge is 2.36. The summed E-state index contributed by atoms with van der Waals surface area (Å²) in [5.74, 6) is -1.14. The molecule has 1 aliphatic heterocycles. The van der Waals surface area contributed by atoms with Gasteiger partial charge in [-0.25, -0.2) is 8.42 Å². The zero-order valence-electron chi connectivity index (χ0n) is 14.7. The van der Waals surface area contributed by atoms with Crippen LogP contribution in [-0.2, 0) is 27.4 Å². The highest BCUT2D eigenvalue weighted by atomic mass is 32.2. The maximum Gasteiger partial charge on any atom is 0.419 e. The first kappa shape index (κ1) is 20.7. The van der Waals surface area contributed by atoms with Crippen molar-refractivity contribution in [3.8, 4) is 5.75 Å². The Labute approximate surface area is 164 Å². The Morgan fingerprint density at radius 2 is 1.96 bits per heavy atom. The van der Waals surface area contributed by atoms with Gasteiger partial charge in [0.1, 0.15) is 5.75 Å². The molecular weight excluding hydrogens is 415 g/mol. The maximum atomic E-state index is 13.1. The number of rotatable bonds is 6. The fourth-order valence-corrected chi connectivity index (χ4v) is 5.50. The molecule has 10 heteroatoms. The summed E-state index contributed by atoms with van der Waals surface area (Å²) in [6, 6.07) is 7.78. The van der Waals surface area contributed by atoms with Gasteiger partial charge < -0.3 is 9.64 Å². The summed E-state index contributed by atoms with van der Waals surface area (Å²) in [6.07, 6.45) is -4.30. The molecule has 2 aromatic rings. The van der Waals surface area contributed by atoms with E-state index in [0.717, 1.165) is 17.0 Å². The molecule has 1 unspecified atom stereocenters. The predicted molar refractivity (Wildman–Crippen MR) is 98.9 cm³/mol. The summed E-state index contributed by atoms with van der Waals surface area (Å²) in [5.41, 5.74) is -0.962. The number of ether oxygens (including phenoxy) is 1. The van der Waals surface area contributed by atoms with Crippen LogP contribution in [0.15, 0.2) is 41.8 Å². The van der Waals surface area contributed by atoms with Crippen molar-refractivity contribution in [3.05, 3.63) is 52.2 Å². The van der Waals surface area contributed by atoms with E-state index in [1.54, 1.807) is 0 Å². The van der Waals surface area contributed by atoms with Crippen molar-refractivity contribution in [3.63, 3.8) is 0 Å². The van der Waals surface area contributed by atoms with Crippen LogP contribution >= 0.6 is 11.3 Å². The number of thiophene rings is 1. The van der Waals surface area contributed by atoms with Gasteiger partial charge in [0.2, 0.25) is 0 Å². The topological polar surface area (TPSA) is 63.7 Å². The van der Waals surface area contributed by atoms with Crippen molar-refractivity contribution in [1.82, 2.24) is 4.90 Å². The number of amides is 1. The lowest BCUT2D eigenvalue weighted by atomic mass is 10.2. The van der Waals surface area contributed by atoms with E-state index in [0.29, 0.717) is 6.42 Å². The Morgan fingerprint density at radius 3 is 2.57 bits per heavy atom. The second-order valence-corrected chi connectivity index (χ2v) is 9.70. The summed E-state index contributed by atoms with van der Waals surface area (Å²) in [6.45, 7) is -0.407. The quantitative estimate of drug-likeness (QED) is 0.701. The number of carbonyl (C=O) groups is 1. The van der Waals surface area contributed by atoms with Crippen molar-refractivity contribution >= 4 is 27.1 Å². The molecule has 0 N–H and O–H groups in total.